The number of benzene rings is 3. The topological polar surface area (TPSA) is 67.9 Å². The quantitative estimate of drug-likeness (QED) is 0.501. The van der Waals surface area contributed by atoms with E-state index in [1.807, 2.05) is 54.6 Å². The van der Waals surface area contributed by atoms with E-state index in [0.29, 0.717) is 17.1 Å². The smallest absolute Gasteiger partial charge is 0.253 e. The van der Waals surface area contributed by atoms with E-state index in [2.05, 4.69) is 32.2 Å². The van der Waals surface area contributed by atoms with E-state index < -0.39 is 5.41 Å². The van der Waals surface area contributed by atoms with Gasteiger partial charge in [0.05, 0.1) is 5.41 Å². The molecule has 1 fully saturated rings. The zero-order chi connectivity index (χ0) is 25.7. The molecule has 0 saturated heterocycles. The van der Waals surface area contributed by atoms with Gasteiger partial charge < -0.3 is 19.7 Å². The SMILES string of the molecule is CN(C)C(=O)c1cccc(-c2cc(NC(=O)C3(c4ccc5c(c4)OCO5)CC3)cc(C(C)(C)C)c2)c1. The van der Waals surface area contributed by atoms with Crippen LogP contribution in [0.15, 0.2) is 60.7 Å². The fourth-order valence-corrected chi connectivity index (χ4v) is 4.61. The fourth-order valence-electron chi connectivity index (χ4n) is 4.61. The Morgan fingerprint density at radius 2 is 1.64 bits per heavy atom. The molecule has 0 aromatic heterocycles. The number of nitrogens with one attached hydrogen (secondary N) is 1. The summed E-state index contributed by atoms with van der Waals surface area (Å²) in [6.07, 6.45) is 1.58. The number of hydrogen-bond donors (Lipinski definition) is 1. The molecule has 6 heteroatoms. The van der Waals surface area contributed by atoms with Crippen LogP contribution in [0.3, 0.4) is 0 Å². The highest BCUT2D eigenvalue weighted by Gasteiger charge is 2.51. The molecule has 36 heavy (non-hydrogen) atoms. The van der Waals surface area contributed by atoms with Crippen molar-refractivity contribution >= 4 is 17.5 Å². The third kappa shape index (κ3) is 4.43. The van der Waals surface area contributed by atoms with Crippen molar-refractivity contribution in [3.05, 3.63) is 77.4 Å². The lowest BCUT2D eigenvalue weighted by atomic mass is 9.84. The molecule has 1 heterocycles. The first-order valence-corrected chi connectivity index (χ1v) is 12.3. The van der Waals surface area contributed by atoms with Crippen LogP contribution in [0.5, 0.6) is 11.5 Å². The Bertz CT molecular complexity index is 1350. The van der Waals surface area contributed by atoms with Crippen molar-refractivity contribution in [3.63, 3.8) is 0 Å². The molecule has 2 amide bonds. The molecule has 186 valence electrons. The van der Waals surface area contributed by atoms with Gasteiger partial charge in [-0.2, -0.15) is 0 Å². The van der Waals surface area contributed by atoms with E-state index in [9.17, 15) is 9.59 Å². The van der Waals surface area contributed by atoms with Crippen molar-refractivity contribution in [1.82, 2.24) is 4.90 Å². The minimum atomic E-state index is -0.559. The van der Waals surface area contributed by atoms with Gasteiger partial charge in [-0.1, -0.05) is 45.0 Å². The van der Waals surface area contributed by atoms with Gasteiger partial charge in [0.25, 0.3) is 5.91 Å². The molecule has 1 aliphatic carbocycles. The molecule has 0 spiro atoms. The van der Waals surface area contributed by atoms with Gasteiger partial charge in [-0.3, -0.25) is 9.59 Å². The van der Waals surface area contributed by atoms with Crippen LogP contribution in [0.4, 0.5) is 5.69 Å². The Hall–Kier alpha value is -3.80. The van der Waals surface area contributed by atoms with Gasteiger partial charge in [0.2, 0.25) is 12.7 Å². The molecule has 1 N–H and O–H groups in total. The molecule has 0 bridgehead atoms. The zero-order valence-electron chi connectivity index (χ0n) is 21.5. The van der Waals surface area contributed by atoms with Gasteiger partial charge >= 0.3 is 0 Å². The number of ether oxygens (including phenoxy) is 2. The molecule has 0 radical (unpaired) electrons. The number of carbonyl (C=O) groups is 2. The number of carbonyl (C=O) groups excluding carboxylic acids is 2. The summed E-state index contributed by atoms with van der Waals surface area (Å²) >= 11 is 0. The number of amides is 2. The zero-order valence-corrected chi connectivity index (χ0v) is 21.5. The Morgan fingerprint density at radius 3 is 2.33 bits per heavy atom. The van der Waals surface area contributed by atoms with Gasteiger partial charge in [-0.05, 0) is 76.9 Å². The van der Waals surface area contributed by atoms with Crippen molar-refractivity contribution in [3.8, 4) is 22.6 Å². The Kier molecular flexibility index (Phi) is 5.78. The molecule has 6 nitrogen and oxygen atoms in total. The minimum Gasteiger partial charge on any atom is -0.454 e. The van der Waals surface area contributed by atoms with Gasteiger partial charge in [-0.25, -0.2) is 0 Å². The predicted molar refractivity (Wildman–Crippen MR) is 141 cm³/mol. The van der Waals surface area contributed by atoms with Gasteiger partial charge in [0, 0.05) is 25.3 Å². The molecule has 1 saturated carbocycles. The van der Waals surface area contributed by atoms with Crippen LogP contribution in [-0.4, -0.2) is 37.6 Å². The van der Waals surface area contributed by atoms with Crippen LogP contribution in [0, 0.1) is 0 Å². The fraction of sp³-hybridized carbons (Fsp3) is 0.333. The highest BCUT2D eigenvalue weighted by atomic mass is 16.7. The average Bonchev–Trinajstić information content (AvgIpc) is 3.53. The Morgan fingerprint density at radius 1 is 0.889 bits per heavy atom. The number of anilines is 1. The molecule has 0 unspecified atom stereocenters. The monoisotopic (exact) mass is 484 g/mol. The van der Waals surface area contributed by atoms with Crippen LogP contribution < -0.4 is 14.8 Å². The van der Waals surface area contributed by atoms with Gasteiger partial charge in [0.1, 0.15) is 0 Å². The Balaban J connectivity index is 1.48. The summed E-state index contributed by atoms with van der Waals surface area (Å²) in [6, 6.07) is 19.6. The first-order valence-electron chi connectivity index (χ1n) is 12.3. The standard InChI is InChI=1S/C30H32N2O4/c1-29(2,3)23-14-21(19-7-6-8-20(13-19)27(33)32(4)5)15-24(16-23)31-28(34)30(11-12-30)22-9-10-25-26(17-22)36-18-35-25/h6-10,13-17H,11-12,18H2,1-5H3,(H,31,34). The molecule has 1 aliphatic heterocycles. The first-order chi connectivity index (χ1) is 17.1. The van der Waals surface area contributed by atoms with Crippen molar-refractivity contribution in [2.24, 2.45) is 0 Å². The van der Waals surface area contributed by atoms with E-state index >= 15 is 0 Å². The highest BCUT2D eigenvalue weighted by molar-refractivity contribution is 6.02. The second-order valence-corrected chi connectivity index (χ2v) is 10.9. The van der Waals surface area contributed by atoms with Crippen LogP contribution in [0.25, 0.3) is 11.1 Å². The lowest BCUT2D eigenvalue weighted by Gasteiger charge is -2.23. The summed E-state index contributed by atoms with van der Waals surface area (Å²) in [5.41, 5.74) is 4.64. The van der Waals surface area contributed by atoms with Gasteiger partial charge in [0.15, 0.2) is 11.5 Å². The minimum absolute atomic E-state index is 0.0186. The van der Waals surface area contributed by atoms with E-state index in [0.717, 1.165) is 40.8 Å². The summed E-state index contributed by atoms with van der Waals surface area (Å²) in [5, 5.41) is 3.20. The van der Waals surface area contributed by atoms with Crippen molar-refractivity contribution in [2.75, 3.05) is 26.2 Å². The second kappa shape index (κ2) is 8.70. The first kappa shape index (κ1) is 23.9. The van der Waals surface area contributed by atoms with E-state index in [1.54, 1.807) is 19.0 Å². The maximum absolute atomic E-state index is 13.6. The average molecular weight is 485 g/mol. The third-order valence-electron chi connectivity index (χ3n) is 7.02. The van der Waals surface area contributed by atoms with Crippen LogP contribution in [-0.2, 0) is 15.6 Å². The molecule has 3 aromatic carbocycles. The lowest BCUT2D eigenvalue weighted by Crippen LogP contribution is -2.28. The summed E-state index contributed by atoms with van der Waals surface area (Å²) in [7, 11) is 3.49. The summed E-state index contributed by atoms with van der Waals surface area (Å²) < 4.78 is 11.0. The molecular formula is C30H32N2O4. The number of rotatable bonds is 5. The molecule has 5 rings (SSSR count). The molecule has 2 aliphatic rings. The number of hydrogen-bond acceptors (Lipinski definition) is 4. The van der Waals surface area contributed by atoms with E-state index in [4.69, 9.17) is 9.47 Å². The maximum Gasteiger partial charge on any atom is 0.253 e. The van der Waals surface area contributed by atoms with Crippen LogP contribution in [0.2, 0.25) is 0 Å². The van der Waals surface area contributed by atoms with Crippen molar-refractivity contribution in [1.29, 1.82) is 0 Å². The number of fused-ring (bicyclic) bond motifs is 1. The molecular weight excluding hydrogens is 452 g/mol. The highest BCUT2D eigenvalue weighted by Crippen LogP contribution is 2.51. The second-order valence-electron chi connectivity index (χ2n) is 10.9. The predicted octanol–water partition coefficient (Wildman–Crippen LogP) is 5.75. The Labute approximate surface area is 212 Å². The molecule has 3 aromatic rings. The summed E-state index contributed by atoms with van der Waals surface area (Å²) in [4.78, 5) is 27.7. The third-order valence-corrected chi connectivity index (χ3v) is 7.02. The summed E-state index contributed by atoms with van der Waals surface area (Å²) in [6.45, 7) is 6.66. The largest absolute Gasteiger partial charge is 0.454 e. The van der Waals surface area contributed by atoms with Gasteiger partial charge in [-0.15, -0.1) is 0 Å². The lowest BCUT2D eigenvalue weighted by molar-refractivity contribution is -0.118. The van der Waals surface area contributed by atoms with E-state index in [-0.39, 0.29) is 24.0 Å². The van der Waals surface area contributed by atoms with Crippen molar-refractivity contribution < 1.29 is 19.1 Å². The molecule has 0 atom stereocenters. The summed E-state index contributed by atoms with van der Waals surface area (Å²) in [5.74, 6) is 1.34. The van der Waals surface area contributed by atoms with E-state index in [1.165, 1.54) is 0 Å². The van der Waals surface area contributed by atoms with Crippen molar-refractivity contribution in [2.45, 2.75) is 44.4 Å². The number of nitrogens with zero attached hydrogens (tertiary/aromatic N) is 1. The van der Waals surface area contributed by atoms with Crippen LogP contribution in [0.1, 0.15) is 55.1 Å². The maximum atomic E-state index is 13.6. The normalized spacial score (nSPS) is 15.4. The van der Waals surface area contributed by atoms with Crippen LogP contribution >= 0.6 is 0 Å².